The van der Waals surface area contributed by atoms with E-state index in [1.165, 1.54) is 0 Å². The lowest BCUT2D eigenvalue weighted by Crippen LogP contribution is -2.29. The molecule has 1 rings (SSSR count). The molecule has 0 aliphatic heterocycles. The van der Waals surface area contributed by atoms with Crippen molar-refractivity contribution in [2.45, 2.75) is 19.4 Å². The van der Waals surface area contributed by atoms with Crippen LogP contribution in [0.5, 0.6) is 5.75 Å². The molecule has 0 radical (unpaired) electrons. The standard InChI is InChI=1S/C14H23NO2/c1-5-11(10-16)14(15(2)3)12-8-6-7-9-13(12)17-4/h6-9,11,14,16H,5,10H2,1-4H3. The average Bonchev–Trinajstić information content (AvgIpc) is 2.35. The van der Waals surface area contributed by atoms with Gasteiger partial charge in [0, 0.05) is 24.1 Å². The molecule has 17 heavy (non-hydrogen) atoms. The summed E-state index contributed by atoms with van der Waals surface area (Å²) >= 11 is 0. The SMILES string of the molecule is CCC(CO)C(c1ccccc1OC)N(C)C. The minimum absolute atomic E-state index is 0.182. The fourth-order valence-corrected chi connectivity index (χ4v) is 2.32. The van der Waals surface area contributed by atoms with Crippen molar-refractivity contribution in [3.63, 3.8) is 0 Å². The first kappa shape index (κ1) is 14.0. The summed E-state index contributed by atoms with van der Waals surface area (Å²) in [6, 6.07) is 8.20. The Morgan fingerprint density at radius 2 is 1.94 bits per heavy atom. The third-order valence-corrected chi connectivity index (χ3v) is 3.22. The predicted octanol–water partition coefficient (Wildman–Crippen LogP) is 2.32. The minimum Gasteiger partial charge on any atom is -0.496 e. The molecule has 0 saturated heterocycles. The Hall–Kier alpha value is -1.06. The van der Waals surface area contributed by atoms with Crippen molar-refractivity contribution in [1.82, 2.24) is 4.90 Å². The van der Waals surface area contributed by atoms with Crippen LogP contribution in [0.25, 0.3) is 0 Å². The lowest BCUT2D eigenvalue weighted by Gasteiger charge is -2.32. The Bertz CT molecular complexity index is 335. The van der Waals surface area contributed by atoms with Crippen LogP contribution in [0, 0.1) is 5.92 Å². The summed E-state index contributed by atoms with van der Waals surface area (Å²) in [5.74, 6) is 1.11. The van der Waals surface area contributed by atoms with Gasteiger partial charge in [-0.2, -0.15) is 0 Å². The molecule has 1 N–H and O–H groups in total. The first-order valence-corrected chi connectivity index (χ1v) is 6.05. The monoisotopic (exact) mass is 237 g/mol. The van der Waals surface area contributed by atoms with Gasteiger partial charge in [0.2, 0.25) is 0 Å². The number of rotatable bonds is 6. The first-order valence-electron chi connectivity index (χ1n) is 6.05. The van der Waals surface area contributed by atoms with Crippen molar-refractivity contribution >= 4 is 0 Å². The summed E-state index contributed by atoms with van der Waals surface area (Å²) < 4.78 is 5.41. The van der Waals surface area contributed by atoms with Gasteiger partial charge in [0.25, 0.3) is 0 Å². The Kier molecular flexibility index (Phi) is 5.45. The summed E-state index contributed by atoms with van der Waals surface area (Å²) in [5, 5.41) is 9.50. The van der Waals surface area contributed by atoms with Crippen molar-refractivity contribution in [1.29, 1.82) is 0 Å². The topological polar surface area (TPSA) is 32.7 Å². The van der Waals surface area contributed by atoms with Gasteiger partial charge in [0.1, 0.15) is 5.75 Å². The van der Waals surface area contributed by atoms with E-state index >= 15 is 0 Å². The van der Waals surface area contributed by atoms with Gasteiger partial charge >= 0.3 is 0 Å². The maximum absolute atomic E-state index is 9.50. The maximum atomic E-state index is 9.50. The largest absolute Gasteiger partial charge is 0.496 e. The molecule has 2 unspecified atom stereocenters. The molecule has 0 bridgehead atoms. The molecule has 2 atom stereocenters. The van der Waals surface area contributed by atoms with Gasteiger partial charge in [0.15, 0.2) is 0 Å². The fraction of sp³-hybridized carbons (Fsp3) is 0.571. The summed E-state index contributed by atoms with van der Waals surface area (Å²) in [7, 11) is 5.76. The zero-order chi connectivity index (χ0) is 12.8. The van der Waals surface area contributed by atoms with Crippen LogP contribution in [0.2, 0.25) is 0 Å². The molecule has 0 aliphatic rings. The van der Waals surface area contributed by atoms with Gasteiger partial charge in [0.05, 0.1) is 7.11 Å². The van der Waals surface area contributed by atoms with Gasteiger partial charge in [-0.25, -0.2) is 0 Å². The highest BCUT2D eigenvalue weighted by molar-refractivity contribution is 5.36. The minimum atomic E-state index is 0.182. The predicted molar refractivity (Wildman–Crippen MR) is 70.3 cm³/mol. The number of ether oxygens (including phenoxy) is 1. The smallest absolute Gasteiger partial charge is 0.123 e. The second kappa shape index (κ2) is 6.62. The van der Waals surface area contributed by atoms with E-state index in [-0.39, 0.29) is 18.6 Å². The number of hydrogen-bond acceptors (Lipinski definition) is 3. The molecule has 1 aromatic carbocycles. The highest BCUT2D eigenvalue weighted by Crippen LogP contribution is 2.34. The number of nitrogens with zero attached hydrogens (tertiary/aromatic N) is 1. The molecule has 96 valence electrons. The van der Waals surface area contributed by atoms with Crippen molar-refractivity contribution in [2.24, 2.45) is 5.92 Å². The number of benzene rings is 1. The van der Waals surface area contributed by atoms with Crippen LogP contribution in [-0.4, -0.2) is 37.8 Å². The van der Waals surface area contributed by atoms with Crippen LogP contribution in [0.15, 0.2) is 24.3 Å². The highest BCUT2D eigenvalue weighted by Gasteiger charge is 2.25. The molecule has 0 amide bonds. The van der Waals surface area contributed by atoms with Gasteiger partial charge in [-0.15, -0.1) is 0 Å². The molecular weight excluding hydrogens is 214 g/mol. The zero-order valence-corrected chi connectivity index (χ0v) is 11.2. The summed E-state index contributed by atoms with van der Waals surface area (Å²) in [6.07, 6.45) is 0.942. The lowest BCUT2D eigenvalue weighted by atomic mass is 9.90. The molecule has 3 nitrogen and oxygen atoms in total. The maximum Gasteiger partial charge on any atom is 0.123 e. The highest BCUT2D eigenvalue weighted by atomic mass is 16.5. The van der Waals surface area contributed by atoms with Crippen LogP contribution in [-0.2, 0) is 0 Å². The number of aliphatic hydroxyl groups is 1. The molecule has 0 aliphatic carbocycles. The number of para-hydroxylation sites is 1. The molecule has 0 fully saturated rings. The second-order valence-electron chi connectivity index (χ2n) is 4.50. The Morgan fingerprint density at radius 1 is 1.29 bits per heavy atom. The Labute approximate surface area is 104 Å². The quantitative estimate of drug-likeness (QED) is 0.824. The average molecular weight is 237 g/mol. The third kappa shape index (κ3) is 3.20. The van der Waals surface area contributed by atoms with Crippen LogP contribution in [0.4, 0.5) is 0 Å². The molecule has 0 aromatic heterocycles. The van der Waals surface area contributed by atoms with Crippen molar-refractivity contribution in [2.75, 3.05) is 27.8 Å². The zero-order valence-electron chi connectivity index (χ0n) is 11.2. The van der Waals surface area contributed by atoms with E-state index in [9.17, 15) is 5.11 Å². The number of hydrogen-bond donors (Lipinski definition) is 1. The lowest BCUT2D eigenvalue weighted by molar-refractivity contribution is 0.128. The van der Waals surface area contributed by atoms with Crippen LogP contribution >= 0.6 is 0 Å². The van der Waals surface area contributed by atoms with Gasteiger partial charge in [-0.3, -0.25) is 0 Å². The molecule has 1 aromatic rings. The van der Waals surface area contributed by atoms with Crippen LogP contribution in [0.1, 0.15) is 24.9 Å². The van der Waals surface area contributed by atoms with Crippen molar-refractivity contribution in [3.05, 3.63) is 29.8 Å². The molecule has 0 spiro atoms. The van der Waals surface area contributed by atoms with Crippen molar-refractivity contribution in [3.8, 4) is 5.75 Å². The Morgan fingerprint density at radius 3 is 2.41 bits per heavy atom. The summed E-state index contributed by atoms with van der Waals surface area (Å²) in [6.45, 7) is 2.30. The Balaban J connectivity index is 3.13. The van der Waals surface area contributed by atoms with E-state index in [0.29, 0.717) is 0 Å². The molecule has 0 heterocycles. The van der Waals surface area contributed by atoms with Gasteiger partial charge < -0.3 is 14.7 Å². The van der Waals surface area contributed by atoms with Crippen LogP contribution in [0.3, 0.4) is 0 Å². The van der Waals surface area contributed by atoms with E-state index in [1.807, 2.05) is 32.3 Å². The first-order chi connectivity index (χ1) is 8.15. The van der Waals surface area contributed by atoms with Gasteiger partial charge in [-0.05, 0) is 26.6 Å². The van der Waals surface area contributed by atoms with E-state index in [0.717, 1.165) is 17.7 Å². The number of methoxy groups -OCH3 is 1. The van der Waals surface area contributed by atoms with Crippen molar-refractivity contribution < 1.29 is 9.84 Å². The van der Waals surface area contributed by atoms with E-state index < -0.39 is 0 Å². The number of aliphatic hydroxyl groups excluding tert-OH is 1. The second-order valence-corrected chi connectivity index (χ2v) is 4.50. The van der Waals surface area contributed by atoms with Gasteiger partial charge in [-0.1, -0.05) is 25.1 Å². The van der Waals surface area contributed by atoms with E-state index in [1.54, 1.807) is 7.11 Å². The van der Waals surface area contributed by atoms with Crippen LogP contribution < -0.4 is 4.74 Å². The summed E-state index contributed by atoms with van der Waals surface area (Å²) in [4.78, 5) is 2.14. The molecular formula is C14H23NO2. The normalized spacial score (nSPS) is 14.7. The van der Waals surface area contributed by atoms with E-state index in [2.05, 4.69) is 17.9 Å². The fourth-order valence-electron chi connectivity index (χ4n) is 2.32. The third-order valence-electron chi connectivity index (χ3n) is 3.22. The summed E-state index contributed by atoms with van der Waals surface area (Å²) in [5.41, 5.74) is 1.14. The molecule has 3 heteroatoms. The van der Waals surface area contributed by atoms with E-state index in [4.69, 9.17) is 4.74 Å². The molecule has 0 saturated carbocycles.